The third kappa shape index (κ3) is 3.26. The SMILES string of the molecule is COc1cc(C)c(C)cc1CNC(=O)C1CCCN1. The molecule has 0 radical (unpaired) electrons. The molecule has 0 saturated carbocycles. The maximum atomic E-state index is 12.0. The van der Waals surface area contributed by atoms with Crippen LogP contribution in [0, 0.1) is 13.8 Å². The van der Waals surface area contributed by atoms with Crippen LogP contribution in [0.1, 0.15) is 29.5 Å². The quantitative estimate of drug-likeness (QED) is 0.868. The Hall–Kier alpha value is -1.55. The van der Waals surface area contributed by atoms with E-state index < -0.39 is 0 Å². The minimum atomic E-state index is -0.0301. The van der Waals surface area contributed by atoms with Crippen LogP contribution in [0.5, 0.6) is 5.75 Å². The van der Waals surface area contributed by atoms with Gasteiger partial charge in [-0.05, 0) is 50.4 Å². The summed E-state index contributed by atoms with van der Waals surface area (Å²) in [5.41, 5.74) is 3.44. The number of carbonyl (C=O) groups is 1. The molecule has 2 rings (SSSR count). The molecule has 1 heterocycles. The van der Waals surface area contributed by atoms with Gasteiger partial charge in [-0.2, -0.15) is 0 Å². The number of nitrogens with one attached hydrogen (secondary N) is 2. The Labute approximate surface area is 114 Å². The van der Waals surface area contributed by atoms with E-state index in [9.17, 15) is 4.79 Å². The Morgan fingerprint density at radius 2 is 2.16 bits per heavy atom. The minimum absolute atomic E-state index is 0.0301. The predicted octanol–water partition coefficient (Wildman–Crippen LogP) is 1.68. The molecule has 0 spiro atoms. The van der Waals surface area contributed by atoms with Crippen LogP contribution in [0.3, 0.4) is 0 Å². The van der Waals surface area contributed by atoms with Gasteiger partial charge in [0.1, 0.15) is 5.75 Å². The molecule has 0 aliphatic carbocycles. The predicted molar refractivity (Wildman–Crippen MR) is 75.3 cm³/mol. The third-order valence-corrected chi connectivity index (χ3v) is 3.73. The minimum Gasteiger partial charge on any atom is -0.496 e. The van der Waals surface area contributed by atoms with Gasteiger partial charge in [0, 0.05) is 12.1 Å². The second-order valence-electron chi connectivity index (χ2n) is 5.12. The zero-order valence-electron chi connectivity index (χ0n) is 11.9. The van der Waals surface area contributed by atoms with E-state index in [1.165, 1.54) is 11.1 Å². The van der Waals surface area contributed by atoms with Crippen molar-refractivity contribution in [2.45, 2.75) is 39.3 Å². The van der Waals surface area contributed by atoms with Gasteiger partial charge in [-0.15, -0.1) is 0 Å². The molecular formula is C15H22N2O2. The van der Waals surface area contributed by atoms with E-state index in [0.717, 1.165) is 30.7 Å². The lowest BCUT2D eigenvalue weighted by atomic mass is 10.0. The Balaban J connectivity index is 2.02. The Morgan fingerprint density at radius 3 is 2.79 bits per heavy atom. The first kappa shape index (κ1) is 13.9. The van der Waals surface area contributed by atoms with Crippen LogP contribution in [0.15, 0.2) is 12.1 Å². The first-order valence-electron chi connectivity index (χ1n) is 6.77. The Bertz CT molecular complexity index is 465. The standard InChI is InChI=1S/C15H22N2O2/c1-10-7-12(14(19-3)8-11(10)2)9-17-15(18)13-5-4-6-16-13/h7-8,13,16H,4-6,9H2,1-3H3,(H,17,18). The molecule has 0 aromatic heterocycles. The van der Waals surface area contributed by atoms with Crippen LogP contribution in [-0.2, 0) is 11.3 Å². The lowest BCUT2D eigenvalue weighted by Crippen LogP contribution is -2.40. The van der Waals surface area contributed by atoms with Gasteiger partial charge >= 0.3 is 0 Å². The molecule has 1 unspecified atom stereocenters. The number of aryl methyl sites for hydroxylation is 2. The van der Waals surface area contributed by atoms with Crippen LogP contribution in [-0.4, -0.2) is 25.6 Å². The second kappa shape index (κ2) is 6.06. The average molecular weight is 262 g/mol. The molecule has 4 nitrogen and oxygen atoms in total. The van der Waals surface area contributed by atoms with E-state index >= 15 is 0 Å². The summed E-state index contributed by atoms with van der Waals surface area (Å²) in [4.78, 5) is 12.0. The van der Waals surface area contributed by atoms with Gasteiger partial charge in [-0.1, -0.05) is 6.07 Å². The number of ether oxygens (including phenoxy) is 1. The van der Waals surface area contributed by atoms with E-state index in [-0.39, 0.29) is 11.9 Å². The van der Waals surface area contributed by atoms with E-state index in [1.807, 2.05) is 6.07 Å². The van der Waals surface area contributed by atoms with Crippen molar-refractivity contribution in [2.75, 3.05) is 13.7 Å². The maximum absolute atomic E-state index is 12.0. The summed E-state index contributed by atoms with van der Waals surface area (Å²) in [6, 6.07) is 4.07. The zero-order valence-corrected chi connectivity index (χ0v) is 11.9. The number of benzene rings is 1. The van der Waals surface area contributed by atoms with Crippen molar-refractivity contribution < 1.29 is 9.53 Å². The van der Waals surface area contributed by atoms with Gasteiger partial charge in [0.2, 0.25) is 5.91 Å². The average Bonchev–Trinajstić information content (AvgIpc) is 2.93. The molecule has 104 valence electrons. The summed E-state index contributed by atoms with van der Waals surface area (Å²) in [6.07, 6.45) is 2.00. The van der Waals surface area contributed by atoms with Crippen molar-refractivity contribution in [1.82, 2.24) is 10.6 Å². The summed E-state index contributed by atoms with van der Waals surface area (Å²) in [5.74, 6) is 0.917. The normalized spacial score (nSPS) is 18.4. The Kier molecular flexibility index (Phi) is 4.43. The maximum Gasteiger partial charge on any atom is 0.237 e. The van der Waals surface area contributed by atoms with Crippen molar-refractivity contribution in [3.8, 4) is 5.75 Å². The van der Waals surface area contributed by atoms with Crippen LogP contribution in [0.2, 0.25) is 0 Å². The van der Waals surface area contributed by atoms with Crippen LogP contribution < -0.4 is 15.4 Å². The highest BCUT2D eigenvalue weighted by Crippen LogP contribution is 2.22. The fraction of sp³-hybridized carbons (Fsp3) is 0.533. The lowest BCUT2D eigenvalue weighted by molar-refractivity contribution is -0.122. The molecule has 19 heavy (non-hydrogen) atoms. The fourth-order valence-corrected chi connectivity index (χ4v) is 2.39. The molecule has 1 aromatic rings. The summed E-state index contributed by atoms with van der Waals surface area (Å²) < 4.78 is 5.37. The summed E-state index contributed by atoms with van der Waals surface area (Å²) >= 11 is 0. The van der Waals surface area contributed by atoms with Crippen molar-refractivity contribution in [2.24, 2.45) is 0 Å². The Morgan fingerprint density at radius 1 is 1.42 bits per heavy atom. The van der Waals surface area contributed by atoms with Crippen LogP contribution in [0.4, 0.5) is 0 Å². The molecule has 1 aromatic carbocycles. The fourth-order valence-electron chi connectivity index (χ4n) is 2.39. The highest BCUT2D eigenvalue weighted by atomic mass is 16.5. The molecule has 1 fully saturated rings. The molecule has 1 aliphatic rings. The second-order valence-corrected chi connectivity index (χ2v) is 5.12. The van der Waals surface area contributed by atoms with E-state index in [0.29, 0.717) is 6.54 Å². The van der Waals surface area contributed by atoms with Crippen LogP contribution >= 0.6 is 0 Å². The van der Waals surface area contributed by atoms with E-state index in [1.54, 1.807) is 7.11 Å². The van der Waals surface area contributed by atoms with Crippen molar-refractivity contribution >= 4 is 5.91 Å². The van der Waals surface area contributed by atoms with E-state index in [4.69, 9.17) is 4.74 Å². The number of amides is 1. The molecule has 2 N–H and O–H groups in total. The number of hydrogen-bond acceptors (Lipinski definition) is 3. The topological polar surface area (TPSA) is 50.4 Å². The number of rotatable bonds is 4. The van der Waals surface area contributed by atoms with Gasteiger partial charge in [0.05, 0.1) is 13.2 Å². The summed E-state index contributed by atoms with van der Waals surface area (Å²) in [7, 11) is 1.66. The molecular weight excluding hydrogens is 240 g/mol. The lowest BCUT2D eigenvalue weighted by Gasteiger charge is -2.14. The van der Waals surface area contributed by atoms with Gasteiger partial charge in [-0.3, -0.25) is 4.79 Å². The highest BCUT2D eigenvalue weighted by molar-refractivity contribution is 5.82. The zero-order chi connectivity index (χ0) is 13.8. The first-order chi connectivity index (χ1) is 9.11. The molecule has 4 heteroatoms. The third-order valence-electron chi connectivity index (χ3n) is 3.73. The van der Waals surface area contributed by atoms with Crippen molar-refractivity contribution in [1.29, 1.82) is 0 Å². The number of carbonyl (C=O) groups excluding carboxylic acids is 1. The highest BCUT2D eigenvalue weighted by Gasteiger charge is 2.21. The van der Waals surface area contributed by atoms with E-state index in [2.05, 4.69) is 30.5 Å². The first-order valence-corrected chi connectivity index (χ1v) is 6.77. The number of methoxy groups -OCH3 is 1. The largest absolute Gasteiger partial charge is 0.496 e. The van der Waals surface area contributed by atoms with Gasteiger partial charge < -0.3 is 15.4 Å². The smallest absolute Gasteiger partial charge is 0.237 e. The van der Waals surface area contributed by atoms with Crippen molar-refractivity contribution in [3.05, 3.63) is 28.8 Å². The molecule has 0 bridgehead atoms. The van der Waals surface area contributed by atoms with Gasteiger partial charge in [0.15, 0.2) is 0 Å². The molecule has 1 saturated heterocycles. The summed E-state index contributed by atoms with van der Waals surface area (Å²) in [6.45, 7) is 5.58. The van der Waals surface area contributed by atoms with Gasteiger partial charge in [0.25, 0.3) is 0 Å². The van der Waals surface area contributed by atoms with Crippen molar-refractivity contribution in [3.63, 3.8) is 0 Å². The molecule has 1 aliphatic heterocycles. The summed E-state index contributed by atoms with van der Waals surface area (Å²) in [5, 5.41) is 6.18. The number of hydrogen-bond donors (Lipinski definition) is 2. The van der Waals surface area contributed by atoms with Gasteiger partial charge in [-0.25, -0.2) is 0 Å². The molecule has 1 atom stereocenters. The molecule has 1 amide bonds. The van der Waals surface area contributed by atoms with Crippen LogP contribution in [0.25, 0.3) is 0 Å². The monoisotopic (exact) mass is 262 g/mol.